The average Bonchev–Trinajstić information content (AvgIpc) is 3.32. The normalized spacial score (nSPS) is 15.9. The molecule has 2 N–H and O–H groups in total. The van der Waals surface area contributed by atoms with Crippen LogP contribution in [0.25, 0.3) is 22.2 Å². The Bertz CT molecular complexity index is 1760. The van der Waals surface area contributed by atoms with Gasteiger partial charge in [0.15, 0.2) is 11.8 Å². The molecule has 1 aliphatic rings. The van der Waals surface area contributed by atoms with Crippen LogP contribution in [0.2, 0.25) is 0 Å². The highest BCUT2D eigenvalue weighted by atomic mass is 32.2. The van der Waals surface area contributed by atoms with Gasteiger partial charge in [-0.05, 0) is 47.9 Å². The van der Waals surface area contributed by atoms with Crippen molar-refractivity contribution in [1.82, 2.24) is 8.96 Å². The molecule has 0 saturated heterocycles. The number of pyridine rings is 1. The Labute approximate surface area is 219 Å². The van der Waals surface area contributed by atoms with E-state index in [0.29, 0.717) is 34.3 Å². The van der Waals surface area contributed by atoms with Crippen LogP contribution < -0.4 is 0 Å². The lowest BCUT2D eigenvalue weighted by Crippen LogP contribution is -2.13. The molecule has 0 bridgehead atoms. The Kier molecular flexibility index (Phi) is 6.53. The molecule has 2 heterocycles. The number of allylic oxidation sites excluding steroid dienone is 2. The first-order chi connectivity index (χ1) is 18.2. The third-order valence-corrected chi connectivity index (χ3v) is 8.23. The van der Waals surface area contributed by atoms with Crippen molar-refractivity contribution in [3.63, 3.8) is 0 Å². The predicted molar refractivity (Wildman–Crippen MR) is 142 cm³/mol. The SMILES string of the molecule is COC1=CC#CCC1c1cn(S(=O)(=O)c2ccc(C)cc2)c2ncc(-c3cccc(C(O)C(=O)O)c3)cc12. The van der Waals surface area contributed by atoms with Crippen LogP contribution in [0.15, 0.2) is 83.7 Å². The van der Waals surface area contributed by atoms with Gasteiger partial charge in [0.05, 0.1) is 17.9 Å². The number of ether oxygens (including phenoxy) is 1. The number of aromatic nitrogens is 2. The average molecular weight is 529 g/mol. The van der Waals surface area contributed by atoms with E-state index in [2.05, 4.69) is 16.8 Å². The van der Waals surface area contributed by atoms with Gasteiger partial charge in [0, 0.05) is 35.8 Å². The monoisotopic (exact) mass is 528 g/mol. The van der Waals surface area contributed by atoms with Crippen LogP contribution in [0, 0.1) is 18.8 Å². The molecule has 0 radical (unpaired) electrons. The van der Waals surface area contributed by atoms with Gasteiger partial charge in [-0.25, -0.2) is 22.2 Å². The van der Waals surface area contributed by atoms with Crippen molar-refractivity contribution in [3.8, 4) is 23.0 Å². The molecule has 2 atom stereocenters. The molecule has 2 unspecified atom stereocenters. The quantitative estimate of drug-likeness (QED) is 0.342. The summed E-state index contributed by atoms with van der Waals surface area (Å²) in [5.41, 5.74) is 3.36. The number of hydrogen-bond acceptors (Lipinski definition) is 6. The molecule has 2 aromatic carbocycles. The van der Waals surface area contributed by atoms with Crippen molar-refractivity contribution in [1.29, 1.82) is 0 Å². The Morgan fingerprint density at radius 1 is 1.16 bits per heavy atom. The van der Waals surface area contributed by atoms with Crippen molar-refractivity contribution >= 4 is 27.0 Å². The number of aliphatic hydroxyl groups is 1. The van der Waals surface area contributed by atoms with Gasteiger partial charge in [-0.1, -0.05) is 47.7 Å². The molecular weight excluding hydrogens is 504 g/mol. The number of nitrogens with zero attached hydrogens (tertiary/aromatic N) is 2. The highest BCUT2D eigenvalue weighted by molar-refractivity contribution is 7.90. The summed E-state index contributed by atoms with van der Waals surface area (Å²) in [6, 6.07) is 15.0. The molecule has 4 aromatic rings. The number of aliphatic hydroxyl groups excluding tert-OH is 1. The number of carbonyl (C=O) groups is 1. The van der Waals surface area contributed by atoms with Gasteiger partial charge in [-0.2, -0.15) is 0 Å². The third kappa shape index (κ3) is 4.45. The maximum Gasteiger partial charge on any atom is 0.337 e. The fourth-order valence-electron chi connectivity index (χ4n) is 4.52. The number of aryl methyl sites for hydroxylation is 1. The standard InChI is InChI=1S/C29H24N2O6S/c1-18-10-12-22(13-11-18)38(35,36)31-17-25(23-8-3-4-9-26(23)37-2)24-15-21(16-30-28(24)31)19-6-5-7-20(14-19)27(32)29(33)34/h5-7,9-17,23,27,32H,8H2,1-2H3,(H,33,34). The number of aliphatic carboxylic acids is 1. The van der Waals surface area contributed by atoms with Crippen molar-refractivity contribution in [2.75, 3.05) is 7.11 Å². The molecule has 38 heavy (non-hydrogen) atoms. The summed E-state index contributed by atoms with van der Waals surface area (Å²) in [6.45, 7) is 1.88. The molecule has 0 fully saturated rings. The molecule has 9 heteroatoms. The number of carboxylic acid groups (broad SMARTS) is 1. The first kappa shape index (κ1) is 25.3. The zero-order valence-electron chi connectivity index (χ0n) is 20.6. The van der Waals surface area contributed by atoms with Gasteiger partial charge in [0.2, 0.25) is 0 Å². The van der Waals surface area contributed by atoms with Crippen LogP contribution in [0.4, 0.5) is 0 Å². The number of benzene rings is 2. The van der Waals surface area contributed by atoms with E-state index in [1.165, 1.54) is 16.2 Å². The highest BCUT2D eigenvalue weighted by Gasteiger charge is 2.28. The van der Waals surface area contributed by atoms with Gasteiger partial charge in [-0.15, -0.1) is 0 Å². The molecule has 2 aromatic heterocycles. The lowest BCUT2D eigenvalue weighted by Gasteiger charge is -2.18. The highest BCUT2D eigenvalue weighted by Crippen LogP contribution is 2.38. The largest absolute Gasteiger partial charge is 0.500 e. The smallest absolute Gasteiger partial charge is 0.337 e. The van der Waals surface area contributed by atoms with Gasteiger partial charge < -0.3 is 14.9 Å². The van der Waals surface area contributed by atoms with Crippen LogP contribution in [0.1, 0.15) is 35.1 Å². The van der Waals surface area contributed by atoms with E-state index < -0.39 is 22.1 Å². The van der Waals surface area contributed by atoms with Crippen LogP contribution in [-0.4, -0.2) is 40.7 Å². The number of hydrogen-bond donors (Lipinski definition) is 2. The van der Waals surface area contributed by atoms with Crippen molar-refractivity contribution in [3.05, 3.63) is 95.5 Å². The number of fused-ring (bicyclic) bond motifs is 1. The minimum absolute atomic E-state index is 0.138. The lowest BCUT2D eigenvalue weighted by molar-refractivity contribution is -0.146. The summed E-state index contributed by atoms with van der Waals surface area (Å²) in [5.74, 6) is 4.93. The first-order valence-electron chi connectivity index (χ1n) is 11.8. The van der Waals surface area contributed by atoms with Crippen molar-refractivity contribution in [2.24, 2.45) is 0 Å². The second-order valence-corrected chi connectivity index (χ2v) is 10.8. The lowest BCUT2D eigenvalue weighted by atomic mass is 9.91. The van der Waals surface area contributed by atoms with E-state index in [0.717, 1.165) is 5.56 Å². The maximum absolute atomic E-state index is 13.7. The van der Waals surface area contributed by atoms with Crippen LogP contribution in [0.3, 0.4) is 0 Å². The molecule has 8 nitrogen and oxygen atoms in total. The molecular formula is C29H24N2O6S. The van der Waals surface area contributed by atoms with Crippen LogP contribution in [-0.2, 0) is 19.6 Å². The summed E-state index contributed by atoms with van der Waals surface area (Å²) in [5, 5.41) is 19.8. The fraction of sp³-hybridized carbons (Fsp3) is 0.172. The van der Waals surface area contributed by atoms with Crippen LogP contribution in [0.5, 0.6) is 0 Å². The number of rotatable bonds is 7. The Morgan fingerprint density at radius 2 is 1.92 bits per heavy atom. The van der Waals surface area contributed by atoms with Crippen LogP contribution >= 0.6 is 0 Å². The summed E-state index contributed by atoms with van der Waals surface area (Å²) >= 11 is 0. The Balaban J connectivity index is 1.71. The van der Waals surface area contributed by atoms with Gasteiger partial charge in [0.1, 0.15) is 5.76 Å². The van der Waals surface area contributed by atoms with E-state index in [1.54, 1.807) is 61.8 Å². The van der Waals surface area contributed by atoms with Gasteiger partial charge >= 0.3 is 5.97 Å². The first-order valence-corrected chi connectivity index (χ1v) is 13.2. The summed E-state index contributed by atoms with van der Waals surface area (Å²) in [7, 11) is -2.42. The van der Waals surface area contributed by atoms with Crippen molar-refractivity contribution in [2.45, 2.75) is 30.3 Å². The van der Waals surface area contributed by atoms with E-state index in [9.17, 15) is 23.4 Å². The second-order valence-electron chi connectivity index (χ2n) is 8.99. The van der Waals surface area contributed by atoms with E-state index in [4.69, 9.17) is 4.74 Å². The van der Waals surface area contributed by atoms with E-state index >= 15 is 0 Å². The molecule has 0 aliphatic heterocycles. The molecule has 192 valence electrons. The Hall–Kier alpha value is -4.39. The Morgan fingerprint density at radius 3 is 2.63 bits per heavy atom. The third-order valence-electron chi connectivity index (χ3n) is 6.57. The molecule has 0 saturated carbocycles. The van der Waals surface area contributed by atoms with Crippen molar-refractivity contribution < 1.29 is 28.2 Å². The molecule has 0 spiro atoms. The number of methoxy groups -OCH3 is 1. The molecule has 1 aliphatic carbocycles. The minimum Gasteiger partial charge on any atom is -0.500 e. The van der Waals surface area contributed by atoms with Gasteiger partial charge in [-0.3, -0.25) is 0 Å². The fourth-order valence-corrected chi connectivity index (χ4v) is 5.86. The number of carboxylic acids is 1. The molecule has 0 amide bonds. The zero-order chi connectivity index (χ0) is 27.0. The summed E-state index contributed by atoms with van der Waals surface area (Å²) in [6.07, 6.45) is 3.56. The summed E-state index contributed by atoms with van der Waals surface area (Å²) in [4.78, 5) is 16.0. The maximum atomic E-state index is 13.7. The summed E-state index contributed by atoms with van der Waals surface area (Å²) < 4.78 is 34.2. The van der Waals surface area contributed by atoms with E-state index in [1.807, 2.05) is 13.0 Å². The second kappa shape index (κ2) is 9.82. The predicted octanol–water partition coefficient (Wildman–Crippen LogP) is 4.39. The molecule has 5 rings (SSSR count). The zero-order valence-corrected chi connectivity index (χ0v) is 21.4. The topological polar surface area (TPSA) is 119 Å². The minimum atomic E-state index is -3.97. The van der Waals surface area contributed by atoms with Gasteiger partial charge in [0.25, 0.3) is 10.0 Å². The van der Waals surface area contributed by atoms with E-state index in [-0.39, 0.29) is 22.0 Å².